The fourth-order valence-electron chi connectivity index (χ4n) is 2.95. The summed E-state index contributed by atoms with van der Waals surface area (Å²) in [5.74, 6) is 0.609. The zero-order chi connectivity index (χ0) is 13.9. The minimum absolute atomic E-state index is 0.609. The zero-order valence-corrected chi connectivity index (χ0v) is 11.9. The van der Waals surface area contributed by atoms with Crippen LogP contribution in [0.4, 0.5) is 11.4 Å². The lowest BCUT2D eigenvalue weighted by molar-refractivity contribution is 0.0576. The SMILES string of the molecule is CN(CC1CCCOC1)c1ccnc2c(N)cccc12. The van der Waals surface area contributed by atoms with Crippen molar-refractivity contribution in [1.29, 1.82) is 0 Å². The van der Waals surface area contributed by atoms with Crippen molar-refractivity contribution in [3.63, 3.8) is 0 Å². The standard InChI is InChI=1S/C16H21N3O/c1-19(10-12-4-3-9-20-11-12)15-7-8-18-16-13(15)5-2-6-14(16)17/h2,5-8,12H,3-4,9-11,17H2,1H3. The van der Waals surface area contributed by atoms with Crippen molar-refractivity contribution in [2.45, 2.75) is 12.8 Å². The smallest absolute Gasteiger partial charge is 0.0951 e. The molecule has 0 bridgehead atoms. The molecule has 2 N–H and O–H groups in total. The molecule has 0 radical (unpaired) electrons. The van der Waals surface area contributed by atoms with Crippen LogP contribution in [0, 0.1) is 5.92 Å². The molecule has 20 heavy (non-hydrogen) atoms. The highest BCUT2D eigenvalue weighted by Gasteiger charge is 2.17. The predicted octanol–water partition coefficient (Wildman–Crippen LogP) is 2.68. The van der Waals surface area contributed by atoms with Crippen LogP contribution in [0.15, 0.2) is 30.5 Å². The van der Waals surface area contributed by atoms with Gasteiger partial charge in [0, 0.05) is 37.5 Å². The average molecular weight is 271 g/mol. The Labute approximate surface area is 119 Å². The van der Waals surface area contributed by atoms with Gasteiger partial charge in [-0.2, -0.15) is 0 Å². The fourth-order valence-corrected chi connectivity index (χ4v) is 2.95. The van der Waals surface area contributed by atoms with E-state index >= 15 is 0 Å². The Bertz CT molecular complexity index is 593. The number of aromatic nitrogens is 1. The molecule has 0 amide bonds. The second-order valence-electron chi connectivity index (χ2n) is 5.54. The fraction of sp³-hybridized carbons (Fsp3) is 0.438. The third-order valence-corrected chi connectivity index (χ3v) is 3.98. The topological polar surface area (TPSA) is 51.4 Å². The number of rotatable bonds is 3. The molecular weight excluding hydrogens is 250 g/mol. The highest BCUT2D eigenvalue weighted by atomic mass is 16.5. The van der Waals surface area contributed by atoms with Crippen LogP contribution in [0.3, 0.4) is 0 Å². The summed E-state index contributed by atoms with van der Waals surface area (Å²) in [6, 6.07) is 8.03. The van der Waals surface area contributed by atoms with E-state index in [0.717, 1.165) is 36.3 Å². The van der Waals surface area contributed by atoms with Crippen LogP contribution in [0.1, 0.15) is 12.8 Å². The van der Waals surface area contributed by atoms with E-state index in [4.69, 9.17) is 10.5 Å². The summed E-state index contributed by atoms with van der Waals surface area (Å²) < 4.78 is 5.57. The third-order valence-electron chi connectivity index (χ3n) is 3.98. The molecule has 2 aromatic rings. The number of nitrogens with two attached hydrogens (primary N) is 1. The van der Waals surface area contributed by atoms with Crippen molar-refractivity contribution < 1.29 is 4.74 Å². The van der Waals surface area contributed by atoms with Crippen molar-refractivity contribution in [2.24, 2.45) is 5.92 Å². The van der Waals surface area contributed by atoms with E-state index in [1.165, 1.54) is 18.5 Å². The lowest BCUT2D eigenvalue weighted by atomic mass is 10.0. The Kier molecular flexibility index (Phi) is 3.74. The first-order valence-corrected chi connectivity index (χ1v) is 7.18. The van der Waals surface area contributed by atoms with Gasteiger partial charge in [0.1, 0.15) is 0 Å². The zero-order valence-electron chi connectivity index (χ0n) is 11.9. The number of benzene rings is 1. The second-order valence-corrected chi connectivity index (χ2v) is 5.54. The average Bonchev–Trinajstić information content (AvgIpc) is 2.48. The molecule has 1 unspecified atom stereocenters. The molecule has 1 fully saturated rings. The Morgan fingerprint density at radius 2 is 2.30 bits per heavy atom. The van der Waals surface area contributed by atoms with Crippen LogP contribution in [0.25, 0.3) is 10.9 Å². The summed E-state index contributed by atoms with van der Waals surface area (Å²) in [7, 11) is 2.13. The molecule has 4 nitrogen and oxygen atoms in total. The van der Waals surface area contributed by atoms with E-state index in [1.54, 1.807) is 0 Å². The van der Waals surface area contributed by atoms with Crippen LogP contribution >= 0.6 is 0 Å². The molecule has 1 aromatic carbocycles. The van der Waals surface area contributed by atoms with E-state index in [0.29, 0.717) is 5.92 Å². The van der Waals surface area contributed by atoms with Crippen LogP contribution in [0.2, 0.25) is 0 Å². The van der Waals surface area contributed by atoms with E-state index in [-0.39, 0.29) is 0 Å². The first-order chi connectivity index (χ1) is 9.75. The van der Waals surface area contributed by atoms with Crippen molar-refractivity contribution in [3.05, 3.63) is 30.5 Å². The van der Waals surface area contributed by atoms with Gasteiger partial charge in [-0.1, -0.05) is 12.1 Å². The van der Waals surface area contributed by atoms with E-state index in [9.17, 15) is 0 Å². The second kappa shape index (κ2) is 5.67. The molecule has 0 saturated carbocycles. The van der Waals surface area contributed by atoms with Gasteiger partial charge in [0.15, 0.2) is 0 Å². The summed E-state index contributed by atoms with van der Waals surface area (Å²) in [5, 5.41) is 1.12. The molecule has 1 aromatic heterocycles. The van der Waals surface area contributed by atoms with Crippen molar-refractivity contribution in [2.75, 3.05) is 37.4 Å². The van der Waals surface area contributed by atoms with E-state index < -0.39 is 0 Å². The van der Waals surface area contributed by atoms with Crippen LogP contribution < -0.4 is 10.6 Å². The van der Waals surface area contributed by atoms with Gasteiger partial charge in [-0.25, -0.2) is 0 Å². The number of ether oxygens (including phenoxy) is 1. The maximum Gasteiger partial charge on any atom is 0.0951 e. The Morgan fingerprint density at radius 1 is 1.40 bits per heavy atom. The molecule has 4 heteroatoms. The van der Waals surface area contributed by atoms with Gasteiger partial charge in [0.25, 0.3) is 0 Å². The van der Waals surface area contributed by atoms with Gasteiger partial charge in [-0.3, -0.25) is 4.98 Å². The van der Waals surface area contributed by atoms with Crippen LogP contribution in [-0.2, 0) is 4.74 Å². The van der Waals surface area contributed by atoms with Gasteiger partial charge in [-0.15, -0.1) is 0 Å². The number of nitrogen functional groups attached to an aromatic ring is 1. The number of fused-ring (bicyclic) bond motifs is 1. The van der Waals surface area contributed by atoms with Crippen LogP contribution in [-0.4, -0.2) is 31.8 Å². The molecule has 0 spiro atoms. The maximum atomic E-state index is 6.01. The van der Waals surface area contributed by atoms with E-state index in [1.807, 2.05) is 18.3 Å². The first kappa shape index (κ1) is 13.2. The summed E-state index contributed by atoms with van der Waals surface area (Å²) in [4.78, 5) is 6.69. The predicted molar refractivity (Wildman–Crippen MR) is 83.0 cm³/mol. The number of hydrogen-bond acceptors (Lipinski definition) is 4. The van der Waals surface area contributed by atoms with Gasteiger partial charge in [0.05, 0.1) is 17.8 Å². The third kappa shape index (κ3) is 2.56. The monoisotopic (exact) mass is 271 g/mol. The lowest BCUT2D eigenvalue weighted by Crippen LogP contribution is -2.30. The van der Waals surface area contributed by atoms with Gasteiger partial charge >= 0.3 is 0 Å². The summed E-state index contributed by atoms with van der Waals surface area (Å²) >= 11 is 0. The summed E-state index contributed by atoms with van der Waals surface area (Å²) in [6.07, 6.45) is 4.25. The Morgan fingerprint density at radius 3 is 3.10 bits per heavy atom. The van der Waals surface area contributed by atoms with Gasteiger partial charge < -0.3 is 15.4 Å². The number of nitrogens with zero attached hydrogens (tertiary/aromatic N) is 2. The van der Waals surface area contributed by atoms with Gasteiger partial charge in [-0.05, 0) is 30.9 Å². The molecule has 1 aliphatic heterocycles. The van der Waals surface area contributed by atoms with Crippen LogP contribution in [0.5, 0.6) is 0 Å². The Balaban J connectivity index is 1.87. The van der Waals surface area contributed by atoms with Crippen molar-refractivity contribution in [3.8, 4) is 0 Å². The molecular formula is C16H21N3O. The highest BCUT2D eigenvalue weighted by Crippen LogP contribution is 2.28. The summed E-state index contributed by atoms with van der Waals surface area (Å²) in [5.41, 5.74) is 8.82. The molecule has 106 valence electrons. The molecule has 0 aliphatic carbocycles. The quantitative estimate of drug-likeness (QED) is 0.872. The number of pyridine rings is 1. The number of hydrogen-bond donors (Lipinski definition) is 1. The Hall–Kier alpha value is -1.81. The lowest BCUT2D eigenvalue weighted by Gasteiger charge is -2.29. The number of anilines is 2. The molecule has 3 rings (SSSR count). The molecule has 1 saturated heterocycles. The van der Waals surface area contributed by atoms with Crippen molar-refractivity contribution >= 4 is 22.3 Å². The highest BCUT2D eigenvalue weighted by molar-refractivity contribution is 5.97. The van der Waals surface area contributed by atoms with Gasteiger partial charge in [0.2, 0.25) is 0 Å². The minimum atomic E-state index is 0.609. The minimum Gasteiger partial charge on any atom is -0.397 e. The summed E-state index contributed by atoms with van der Waals surface area (Å²) in [6.45, 7) is 2.79. The normalized spacial score (nSPS) is 19.1. The van der Waals surface area contributed by atoms with Crippen molar-refractivity contribution in [1.82, 2.24) is 4.98 Å². The first-order valence-electron chi connectivity index (χ1n) is 7.18. The largest absolute Gasteiger partial charge is 0.397 e. The molecule has 1 aliphatic rings. The maximum absolute atomic E-state index is 6.01. The van der Waals surface area contributed by atoms with E-state index in [2.05, 4.69) is 29.1 Å². The number of para-hydroxylation sites is 1. The molecule has 2 heterocycles. The molecule has 1 atom stereocenters.